The molecule has 164 valence electrons. The van der Waals surface area contributed by atoms with E-state index < -0.39 is 27.3 Å². The van der Waals surface area contributed by atoms with Gasteiger partial charge in [0.2, 0.25) is 5.91 Å². The lowest BCUT2D eigenvalue weighted by Gasteiger charge is -2.34. The minimum Gasteiger partial charge on any atom is -0.345 e. The Hall–Kier alpha value is -2.66. The number of carbonyl (C=O) groups excluding carboxylic acids is 1. The Bertz CT molecular complexity index is 1220. The van der Waals surface area contributed by atoms with Gasteiger partial charge in [-0.25, -0.2) is 26.6 Å². The van der Waals surface area contributed by atoms with E-state index in [1.165, 1.54) is 29.5 Å². The average molecular weight is 470 g/mol. The number of hydrogen-bond acceptors (Lipinski definition) is 6. The number of thiazole rings is 1. The molecule has 0 radical (unpaired) electrons. The summed E-state index contributed by atoms with van der Waals surface area (Å²) in [6.07, 6.45) is -0.175. The zero-order valence-electron chi connectivity index (χ0n) is 16.2. The SMILES string of the molecule is O=C(CCS(=O)(=O)c1ccc(F)cc1)N1CCN(c2nc3c(F)cc(F)cc3s2)CC1. The molecule has 2 heterocycles. The Kier molecular flexibility index (Phi) is 5.89. The van der Waals surface area contributed by atoms with E-state index in [0.29, 0.717) is 36.0 Å². The summed E-state index contributed by atoms with van der Waals surface area (Å²) in [7, 11) is -3.69. The normalized spacial score (nSPS) is 14.9. The summed E-state index contributed by atoms with van der Waals surface area (Å²) < 4.78 is 65.4. The fraction of sp³-hybridized carbons (Fsp3) is 0.300. The van der Waals surface area contributed by atoms with E-state index in [9.17, 15) is 26.4 Å². The van der Waals surface area contributed by atoms with Crippen LogP contribution in [0.3, 0.4) is 0 Å². The van der Waals surface area contributed by atoms with Crippen LogP contribution in [0.25, 0.3) is 10.2 Å². The van der Waals surface area contributed by atoms with Crippen molar-refractivity contribution in [2.24, 2.45) is 0 Å². The van der Waals surface area contributed by atoms with Crippen molar-refractivity contribution in [1.82, 2.24) is 9.88 Å². The number of aromatic nitrogens is 1. The lowest BCUT2D eigenvalue weighted by atomic mass is 10.3. The lowest BCUT2D eigenvalue weighted by molar-refractivity contribution is -0.131. The number of anilines is 1. The Balaban J connectivity index is 1.35. The first kappa shape index (κ1) is 21.6. The van der Waals surface area contributed by atoms with Gasteiger partial charge in [-0.05, 0) is 30.3 Å². The molecule has 3 aromatic rings. The Labute approximate surface area is 180 Å². The number of nitrogens with zero attached hydrogens (tertiary/aromatic N) is 3. The second-order valence-corrected chi connectivity index (χ2v) is 10.2. The zero-order chi connectivity index (χ0) is 22.2. The molecular weight excluding hydrogens is 451 g/mol. The molecular formula is C20H18F3N3O3S2. The molecule has 1 aliphatic rings. The second-order valence-electron chi connectivity index (χ2n) is 7.12. The van der Waals surface area contributed by atoms with Gasteiger partial charge in [0.05, 0.1) is 15.3 Å². The van der Waals surface area contributed by atoms with Crippen LogP contribution < -0.4 is 4.90 Å². The number of carbonyl (C=O) groups is 1. The predicted octanol–water partition coefficient (Wildman–Crippen LogP) is 3.23. The summed E-state index contributed by atoms with van der Waals surface area (Å²) in [6.45, 7) is 1.62. The molecule has 31 heavy (non-hydrogen) atoms. The van der Waals surface area contributed by atoms with Crippen LogP contribution in [0.2, 0.25) is 0 Å². The van der Waals surface area contributed by atoms with Crippen LogP contribution >= 0.6 is 11.3 Å². The highest BCUT2D eigenvalue weighted by Gasteiger charge is 2.25. The maximum atomic E-state index is 13.9. The van der Waals surface area contributed by atoms with E-state index >= 15 is 0 Å². The number of piperazine rings is 1. The van der Waals surface area contributed by atoms with Gasteiger partial charge in [0.15, 0.2) is 20.8 Å². The van der Waals surface area contributed by atoms with Gasteiger partial charge in [-0.15, -0.1) is 0 Å². The van der Waals surface area contributed by atoms with Gasteiger partial charge in [0, 0.05) is 38.7 Å². The van der Waals surface area contributed by atoms with Gasteiger partial charge in [-0.3, -0.25) is 4.79 Å². The number of rotatable bonds is 5. The first-order chi connectivity index (χ1) is 14.7. The molecule has 4 rings (SSSR count). The van der Waals surface area contributed by atoms with Crippen molar-refractivity contribution < 1.29 is 26.4 Å². The molecule has 6 nitrogen and oxygen atoms in total. The second kappa shape index (κ2) is 8.46. The van der Waals surface area contributed by atoms with Crippen molar-refractivity contribution in [2.45, 2.75) is 11.3 Å². The molecule has 1 saturated heterocycles. The standard InChI is InChI=1S/C20H18F3N3O3S2/c21-13-1-3-15(4-2-13)31(28,29)10-5-18(27)25-6-8-26(9-7-25)20-24-19-16(23)11-14(22)12-17(19)30-20/h1-4,11-12H,5-10H2. The van der Waals surface area contributed by atoms with Crippen LogP contribution in [0.4, 0.5) is 18.3 Å². The maximum Gasteiger partial charge on any atom is 0.223 e. The van der Waals surface area contributed by atoms with E-state index in [2.05, 4.69) is 4.98 Å². The van der Waals surface area contributed by atoms with Crippen molar-refractivity contribution >= 4 is 42.4 Å². The van der Waals surface area contributed by atoms with Crippen LogP contribution in [0.5, 0.6) is 0 Å². The monoisotopic (exact) mass is 469 g/mol. The highest BCUT2D eigenvalue weighted by molar-refractivity contribution is 7.91. The van der Waals surface area contributed by atoms with E-state index in [1.54, 1.807) is 4.90 Å². The summed E-state index contributed by atoms with van der Waals surface area (Å²) >= 11 is 1.18. The van der Waals surface area contributed by atoms with Gasteiger partial charge in [-0.2, -0.15) is 0 Å². The Morgan fingerprint density at radius 3 is 2.35 bits per heavy atom. The van der Waals surface area contributed by atoms with Crippen LogP contribution in [0.1, 0.15) is 6.42 Å². The molecule has 11 heteroatoms. The molecule has 1 aromatic heterocycles. The fourth-order valence-corrected chi connectivity index (χ4v) is 5.65. The predicted molar refractivity (Wildman–Crippen MR) is 111 cm³/mol. The minimum atomic E-state index is -3.69. The molecule has 0 spiro atoms. The maximum absolute atomic E-state index is 13.9. The number of hydrogen-bond donors (Lipinski definition) is 0. The summed E-state index contributed by atoms with van der Waals surface area (Å²) in [4.78, 5) is 20.2. The first-order valence-corrected chi connectivity index (χ1v) is 12.0. The van der Waals surface area contributed by atoms with Crippen molar-refractivity contribution in [3.63, 3.8) is 0 Å². The van der Waals surface area contributed by atoms with Gasteiger partial charge in [0.25, 0.3) is 0 Å². The third kappa shape index (κ3) is 4.67. The quantitative estimate of drug-likeness (QED) is 0.537. The number of fused-ring (bicyclic) bond motifs is 1. The topological polar surface area (TPSA) is 70.6 Å². The van der Waals surface area contributed by atoms with Crippen molar-refractivity contribution in [1.29, 1.82) is 0 Å². The van der Waals surface area contributed by atoms with Crippen LogP contribution in [0, 0.1) is 17.5 Å². The zero-order valence-corrected chi connectivity index (χ0v) is 17.9. The molecule has 0 saturated carbocycles. The molecule has 0 N–H and O–H groups in total. The number of sulfone groups is 1. The molecule has 1 aliphatic heterocycles. The van der Waals surface area contributed by atoms with Crippen LogP contribution in [0.15, 0.2) is 41.3 Å². The minimum absolute atomic E-state index is 0.0222. The third-order valence-electron chi connectivity index (χ3n) is 5.06. The molecule has 2 aromatic carbocycles. The van der Waals surface area contributed by atoms with Crippen molar-refractivity contribution in [3.8, 4) is 0 Å². The van der Waals surface area contributed by atoms with Gasteiger partial charge >= 0.3 is 0 Å². The molecule has 0 atom stereocenters. The molecule has 0 unspecified atom stereocenters. The number of benzene rings is 2. The molecule has 1 fully saturated rings. The van der Waals surface area contributed by atoms with E-state index in [1.807, 2.05) is 4.90 Å². The van der Waals surface area contributed by atoms with Crippen LogP contribution in [-0.2, 0) is 14.6 Å². The summed E-state index contributed by atoms with van der Waals surface area (Å²) in [5.74, 6) is -2.56. The fourth-order valence-electron chi connectivity index (χ4n) is 3.37. The van der Waals surface area contributed by atoms with Crippen molar-refractivity contribution in [3.05, 3.63) is 53.8 Å². The lowest BCUT2D eigenvalue weighted by Crippen LogP contribution is -2.49. The summed E-state index contributed by atoms with van der Waals surface area (Å²) in [6, 6.07) is 6.52. The highest BCUT2D eigenvalue weighted by Crippen LogP contribution is 2.31. The summed E-state index contributed by atoms with van der Waals surface area (Å²) in [5, 5.41) is 0.547. The Morgan fingerprint density at radius 1 is 1.00 bits per heavy atom. The van der Waals surface area contributed by atoms with Gasteiger partial charge < -0.3 is 9.80 Å². The van der Waals surface area contributed by atoms with E-state index in [-0.39, 0.29) is 28.5 Å². The Morgan fingerprint density at radius 2 is 1.68 bits per heavy atom. The number of halogens is 3. The number of amides is 1. The smallest absolute Gasteiger partial charge is 0.223 e. The largest absolute Gasteiger partial charge is 0.345 e. The van der Waals surface area contributed by atoms with Gasteiger partial charge in [0.1, 0.15) is 17.2 Å². The molecule has 1 amide bonds. The highest BCUT2D eigenvalue weighted by atomic mass is 32.2. The molecule has 0 bridgehead atoms. The van der Waals surface area contributed by atoms with Gasteiger partial charge in [-0.1, -0.05) is 11.3 Å². The first-order valence-electron chi connectivity index (χ1n) is 9.49. The van der Waals surface area contributed by atoms with Crippen LogP contribution in [-0.4, -0.2) is 56.1 Å². The van der Waals surface area contributed by atoms with Crippen molar-refractivity contribution in [2.75, 3.05) is 36.8 Å². The van der Waals surface area contributed by atoms with E-state index in [4.69, 9.17) is 0 Å². The average Bonchev–Trinajstić information content (AvgIpc) is 3.17. The molecule has 0 aliphatic carbocycles. The summed E-state index contributed by atoms with van der Waals surface area (Å²) in [5.41, 5.74) is 0.117. The van der Waals surface area contributed by atoms with E-state index in [0.717, 1.165) is 18.2 Å². The third-order valence-corrected chi connectivity index (χ3v) is 7.86.